The van der Waals surface area contributed by atoms with E-state index in [2.05, 4.69) is 38.8 Å². The third kappa shape index (κ3) is 6.71. The van der Waals surface area contributed by atoms with Gasteiger partial charge in [-0.15, -0.1) is 5.10 Å². The summed E-state index contributed by atoms with van der Waals surface area (Å²) in [6.07, 6.45) is 3.65. The number of esters is 1. The Kier molecular flexibility index (Phi) is 9.05. The van der Waals surface area contributed by atoms with Crippen LogP contribution in [0.3, 0.4) is 0 Å². The van der Waals surface area contributed by atoms with Crippen LogP contribution in [0.25, 0.3) is 22.2 Å². The van der Waals surface area contributed by atoms with Crippen LogP contribution in [-0.4, -0.2) is 72.1 Å². The summed E-state index contributed by atoms with van der Waals surface area (Å²) < 4.78 is 49.1. The van der Waals surface area contributed by atoms with Crippen molar-refractivity contribution in [2.24, 2.45) is 5.92 Å². The van der Waals surface area contributed by atoms with Crippen molar-refractivity contribution in [1.29, 1.82) is 0 Å². The maximum atomic E-state index is 14.1. The first-order valence-corrected chi connectivity index (χ1v) is 15.8. The van der Waals surface area contributed by atoms with Crippen molar-refractivity contribution in [3.8, 4) is 11.3 Å². The molecular formula is C30H37FN6O4S. The van der Waals surface area contributed by atoms with Gasteiger partial charge in [0, 0.05) is 36.1 Å². The number of aromatic amines is 1. The minimum absolute atomic E-state index is 0.214. The van der Waals surface area contributed by atoms with E-state index >= 15 is 0 Å². The van der Waals surface area contributed by atoms with Crippen LogP contribution in [0.5, 0.6) is 0 Å². The number of nitrogens with one attached hydrogen (secondary N) is 2. The van der Waals surface area contributed by atoms with Crippen molar-refractivity contribution in [3.05, 3.63) is 65.7 Å². The van der Waals surface area contributed by atoms with Crippen LogP contribution in [0, 0.1) is 11.7 Å². The molecule has 1 fully saturated rings. The Morgan fingerprint density at radius 2 is 1.90 bits per heavy atom. The molecule has 0 spiro atoms. The SMILES string of the molecule is CCOC(=O)c1[nH]c2ccc(F)cc2c1-c1cn(CC2CCN(CCNS(=O)(=O)c3ccc(C(C)C)cc3)CC2)nn1. The standard InChI is InChI=1S/C30H37FN6O4S/c1-4-41-30(38)29-28(25-17-23(31)7-10-26(25)33-29)27-19-37(35-34-27)18-21-11-14-36(15-12-21)16-13-32-42(39,40)24-8-5-22(6-9-24)20(2)3/h5-10,17,19-21,32-33H,4,11-16,18H2,1-3H3. The Morgan fingerprint density at radius 3 is 2.60 bits per heavy atom. The number of hydrogen-bond donors (Lipinski definition) is 2. The Hall–Kier alpha value is -3.61. The molecule has 5 rings (SSSR count). The number of carbonyl (C=O) groups is 1. The second kappa shape index (κ2) is 12.7. The number of hydrogen-bond acceptors (Lipinski definition) is 7. The van der Waals surface area contributed by atoms with Crippen LogP contribution < -0.4 is 4.72 Å². The Morgan fingerprint density at radius 1 is 1.17 bits per heavy atom. The summed E-state index contributed by atoms with van der Waals surface area (Å²) in [5.41, 5.74) is 2.89. The van der Waals surface area contributed by atoms with E-state index in [1.165, 1.54) is 12.1 Å². The predicted molar refractivity (Wildman–Crippen MR) is 158 cm³/mol. The molecule has 0 aliphatic carbocycles. The third-order valence-electron chi connectivity index (χ3n) is 7.76. The van der Waals surface area contributed by atoms with Crippen molar-refractivity contribution < 1.29 is 22.3 Å². The van der Waals surface area contributed by atoms with Crippen LogP contribution in [0.1, 0.15) is 55.6 Å². The topological polar surface area (TPSA) is 122 Å². The fourth-order valence-corrected chi connectivity index (χ4v) is 6.42. The van der Waals surface area contributed by atoms with Crippen LogP contribution in [0.4, 0.5) is 4.39 Å². The Bertz CT molecular complexity index is 1640. The van der Waals surface area contributed by atoms with E-state index in [-0.39, 0.29) is 17.2 Å². The highest BCUT2D eigenvalue weighted by Gasteiger charge is 2.25. The van der Waals surface area contributed by atoms with Crippen LogP contribution in [0.2, 0.25) is 0 Å². The largest absolute Gasteiger partial charge is 0.461 e. The summed E-state index contributed by atoms with van der Waals surface area (Å²) in [6.45, 7) is 9.44. The van der Waals surface area contributed by atoms with Crippen LogP contribution in [0.15, 0.2) is 53.6 Å². The Balaban J connectivity index is 1.16. The fourth-order valence-electron chi connectivity index (χ4n) is 5.40. The lowest BCUT2D eigenvalue weighted by Crippen LogP contribution is -2.40. The molecule has 1 saturated heterocycles. The lowest BCUT2D eigenvalue weighted by Gasteiger charge is -2.31. The van der Waals surface area contributed by atoms with Gasteiger partial charge in [0.2, 0.25) is 10.0 Å². The predicted octanol–water partition coefficient (Wildman–Crippen LogP) is 4.56. The summed E-state index contributed by atoms with van der Waals surface area (Å²) in [7, 11) is -3.55. The van der Waals surface area contributed by atoms with Gasteiger partial charge in [0.15, 0.2) is 0 Å². The van der Waals surface area contributed by atoms with Gasteiger partial charge in [0.25, 0.3) is 0 Å². The maximum Gasteiger partial charge on any atom is 0.355 e. The van der Waals surface area contributed by atoms with Gasteiger partial charge in [-0.3, -0.25) is 4.68 Å². The van der Waals surface area contributed by atoms with Crippen LogP contribution >= 0.6 is 0 Å². The number of halogens is 1. The van der Waals surface area contributed by atoms with Gasteiger partial charge in [-0.05, 0) is 80.6 Å². The molecule has 0 atom stereocenters. The molecule has 1 aliphatic heterocycles. The van der Waals surface area contributed by atoms with E-state index in [0.29, 0.717) is 53.6 Å². The second-order valence-corrected chi connectivity index (χ2v) is 12.8. The molecule has 2 N–H and O–H groups in total. The molecular weight excluding hydrogens is 559 g/mol. The summed E-state index contributed by atoms with van der Waals surface area (Å²) >= 11 is 0. The quantitative estimate of drug-likeness (QED) is 0.244. The van der Waals surface area contributed by atoms with E-state index in [0.717, 1.165) is 31.5 Å². The van der Waals surface area contributed by atoms with Gasteiger partial charge < -0.3 is 14.6 Å². The number of likely N-dealkylation sites (tertiary alicyclic amines) is 1. The number of carbonyl (C=O) groups excluding carboxylic acids is 1. The number of H-pyrrole nitrogens is 1. The third-order valence-corrected chi connectivity index (χ3v) is 9.24. The van der Waals surface area contributed by atoms with Crippen molar-refractivity contribution >= 4 is 26.9 Å². The number of fused-ring (bicyclic) bond motifs is 1. The molecule has 224 valence electrons. The highest BCUT2D eigenvalue weighted by atomic mass is 32.2. The van der Waals surface area contributed by atoms with E-state index in [4.69, 9.17) is 4.74 Å². The first-order valence-electron chi connectivity index (χ1n) is 14.4. The van der Waals surface area contributed by atoms with Gasteiger partial charge in [0.05, 0.1) is 17.7 Å². The summed E-state index contributed by atoms with van der Waals surface area (Å²) in [5.74, 6) is -0.224. The number of benzene rings is 2. The molecule has 1 aliphatic rings. The van der Waals surface area contributed by atoms with Crippen molar-refractivity contribution in [2.45, 2.75) is 51.0 Å². The molecule has 3 heterocycles. The zero-order valence-corrected chi connectivity index (χ0v) is 25.0. The van der Waals surface area contributed by atoms with E-state index in [1.807, 2.05) is 12.1 Å². The van der Waals surface area contributed by atoms with Crippen LogP contribution in [-0.2, 0) is 21.3 Å². The number of rotatable bonds is 11. The second-order valence-electron chi connectivity index (χ2n) is 11.0. The molecule has 2 aromatic carbocycles. The van der Waals surface area contributed by atoms with Gasteiger partial charge in [-0.2, -0.15) is 0 Å². The zero-order chi connectivity index (χ0) is 29.9. The molecule has 0 amide bonds. The van der Waals surface area contributed by atoms with E-state index < -0.39 is 21.8 Å². The number of aromatic nitrogens is 4. The van der Waals surface area contributed by atoms with Crippen molar-refractivity contribution in [2.75, 3.05) is 32.8 Å². The summed E-state index contributed by atoms with van der Waals surface area (Å²) in [6, 6.07) is 11.3. The smallest absolute Gasteiger partial charge is 0.355 e. The normalized spacial score (nSPS) is 15.1. The summed E-state index contributed by atoms with van der Waals surface area (Å²) in [5, 5.41) is 9.15. The minimum atomic E-state index is -3.55. The lowest BCUT2D eigenvalue weighted by atomic mass is 9.97. The highest BCUT2D eigenvalue weighted by Crippen LogP contribution is 2.32. The number of piperidine rings is 1. The van der Waals surface area contributed by atoms with E-state index in [9.17, 15) is 17.6 Å². The first-order chi connectivity index (χ1) is 20.1. The number of ether oxygens (including phenoxy) is 1. The molecule has 0 bridgehead atoms. The average molecular weight is 597 g/mol. The highest BCUT2D eigenvalue weighted by molar-refractivity contribution is 7.89. The molecule has 2 aromatic heterocycles. The van der Waals surface area contributed by atoms with Crippen molar-refractivity contribution in [1.82, 2.24) is 29.6 Å². The fraction of sp³-hybridized carbons (Fsp3) is 0.433. The molecule has 4 aromatic rings. The first kappa shape index (κ1) is 29.9. The molecule has 42 heavy (non-hydrogen) atoms. The molecule has 0 saturated carbocycles. The molecule has 0 unspecified atom stereocenters. The molecule has 12 heteroatoms. The minimum Gasteiger partial charge on any atom is -0.461 e. The average Bonchev–Trinajstić information content (AvgIpc) is 3.58. The number of sulfonamides is 1. The maximum absolute atomic E-state index is 14.1. The summed E-state index contributed by atoms with van der Waals surface area (Å²) in [4.78, 5) is 18.2. The lowest BCUT2D eigenvalue weighted by molar-refractivity contribution is 0.0521. The van der Waals surface area contributed by atoms with Gasteiger partial charge in [0.1, 0.15) is 17.2 Å². The van der Waals surface area contributed by atoms with Gasteiger partial charge in [-0.1, -0.05) is 31.2 Å². The monoisotopic (exact) mass is 596 g/mol. The van der Waals surface area contributed by atoms with E-state index in [1.54, 1.807) is 36.0 Å². The molecule has 0 radical (unpaired) electrons. The number of nitrogens with zero attached hydrogens (tertiary/aromatic N) is 4. The molecule has 10 nitrogen and oxygen atoms in total. The zero-order valence-electron chi connectivity index (χ0n) is 24.1. The Labute approximate surface area is 245 Å². The van der Waals surface area contributed by atoms with Gasteiger partial charge >= 0.3 is 5.97 Å². The van der Waals surface area contributed by atoms with Crippen molar-refractivity contribution in [3.63, 3.8) is 0 Å². The van der Waals surface area contributed by atoms with Gasteiger partial charge in [-0.25, -0.2) is 22.3 Å².